The maximum atomic E-state index is 10.8. The molecule has 1 fully saturated rings. The summed E-state index contributed by atoms with van der Waals surface area (Å²) in [4.78, 5) is 0. The number of aromatic nitrogens is 2. The molecular formula is C13H23N3O. The molecule has 1 saturated carbocycles. The average molecular weight is 237 g/mol. The number of hydrogen-bond donors (Lipinski definition) is 2. The molecule has 17 heavy (non-hydrogen) atoms. The summed E-state index contributed by atoms with van der Waals surface area (Å²) in [6, 6.07) is 1.58. The molecule has 1 heterocycles. The first-order valence-corrected chi connectivity index (χ1v) is 6.59. The van der Waals surface area contributed by atoms with Crippen molar-refractivity contribution in [3.8, 4) is 0 Å². The molecule has 0 bridgehead atoms. The molecule has 0 amide bonds. The van der Waals surface area contributed by atoms with E-state index in [1.807, 2.05) is 13.1 Å². The van der Waals surface area contributed by atoms with Crippen LogP contribution >= 0.6 is 0 Å². The molecule has 0 aliphatic heterocycles. The van der Waals surface area contributed by atoms with Crippen LogP contribution in [0, 0.1) is 0 Å². The van der Waals surface area contributed by atoms with Crippen molar-refractivity contribution in [2.75, 3.05) is 0 Å². The molecule has 0 spiro atoms. The molecule has 1 unspecified atom stereocenters. The smallest absolute Gasteiger partial charge is 0.0854 e. The van der Waals surface area contributed by atoms with E-state index in [1.165, 1.54) is 19.3 Å². The highest BCUT2D eigenvalue weighted by Gasteiger charge is 2.36. The molecule has 1 aliphatic carbocycles. The van der Waals surface area contributed by atoms with Gasteiger partial charge >= 0.3 is 0 Å². The predicted octanol–water partition coefficient (Wildman–Crippen LogP) is 1.90. The third-order valence-electron chi connectivity index (χ3n) is 3.98. The van der Waals surface area contributed by atoms with E-state index >= 15 is 0 Å². The van der Waals surface area contributed by atoms with Crippen LogP contribution in [0.15, 0.2) is 12.3 Å². The van der Waals surface area contributed by atoms with Crippen molar-refractivity contribution < 1.29 is 5.11 Å². The second kappa shape index (κ2) is 5.19. The molecule has 0 radical (unpaired) electrons. The standard InChI is InChI=1S/C13H23N3O/c1-16-11(7-10-15-16)12(14)13(17)8-5-3-2-4-6-9-13/h7,10,12,17H,2-6,8-9,14H2,1H3. The third-order valence-corrected chi connectivity index (χ3v) is 3.98. The number of nitrogens with zero attached hydrogens (tertiary/aromatic N) is 2. The van der Waals surface area contributed by atoms with E-state index in [-0.39, 0.29) is 6.04 Å². The van der Waals surface area contributed by atoms with Gasteiger partial charge in [0.2, 0.25) is 0 Å². The summed E-state index contributed by atoms with van der Waals surface area (Å²) in [7, 11) is 1.88. The van der Waals surface area contributed by atoms with Gasteiger partial charge in [-0.3, -0.25) is 4.68 Å². The van der Waals surface area contributed by atoms with Crippen molar-refractivity contribution in [2.24, 2.45) is 12.8 Å². The van der Waals surface area contributed by atoms with Gasteiger partial charge in [-0.2, -0.15) is 5.10 Å². The summed E-state index contributed by atoms with van der Waals surface area (Å²) in [5, 5.41) is 14.9. The summed E-state index contributed by atoms with van der Waals surface area (Å²) in [6.45, 7) is 0. The number of nitrogens with two attached hydrogens (primary N) is 1. The van der Waals surface area contributed by atoms with Crippen molar-refractivity contribution in [3.63, 3.8) is 0 Å². The average Bonchev–Trinajstić information content (AvgIpc) is 2.69. The second-order valence-corrected chi connectivity index (χ2v) is 5.23. The fourth-order valence-electron chi connectivity index (χ4n) is 2.79. The Kier molecular flexibility index (Phi) is 3.84. The molecular weight excluding hydrogens is 214 g/mol. The van der Waals surface area contributed by atoms with Crippen molar-refractivity contribution in [1.29, 1.82) is 0 Å². The predicted molar refractivity (Wildman–Crippen MR) is 67.4 cm³/mol. The largest absolute Gasteiger partial charge is 0.388 e. The minimum atomic E-state index is -0.756. The van der Waals surface area contributed by atoms with E-state index in [4.69, 9.17) is 5.73 Å². The van der Waals surface area contributed by atoms with Crippen molar-refractivity contribution >= 4 is 0 Å². The van der Waals surface area contributed by atoms with Gasteiger partial charge in [-0.25, -0.2) is 0 Å². The van der Waals surface area contributed by atoms with Gasteiger partial charge in [0.1, 0.15) is 0 Å². The fourth-order valence-corrected chi connectivity index (χ4v) is 2.79. The summed E-state index contributed by atoms with van der Waals surface area (Å²) < 4.78 is 1.77. The van der Waals surface area contributed by atoms with Gasteiger partial charge in [0, 0.05) is 13.2 Å². The maximum Gasteiger partial charge on any atom is 0.0854 e. The number of rotatable bonds is 2. The lowest BCUT2D eigenvalue weighted by Gasteiger charge is -2.35. The Balaban J connectivity index is 2.15. The van der Waals surface area contributed by atoms with Gasteiger partial charge in [0.15, 0.2) is 0 Å². The zero-order valence-electron chi connectivity index (χ0n) is 10.6. The lowest BCUT2D eigenvalue weighted by atomic mass is 9.80. The van der Waals surface area contributed by atoms with Crippen molar-refractivity contribution in [1.82, 2.24) is 9.78 Å². The minimum Gasteiger partial charge on any atom is -0.388 e. The molecule has 96 valence electrons. The van der Waals surface area contributed by atoms with Gasteiger partial charge in [0.25, 0.3) is 0 Å². The highest BCUT2D eigenvalue weighted by Crippen LogP contribution is 2.35. The third kappa shape index (κ3) is 2.69. The summed E-state index contributed by atoms with van der Waals surface area (Å²) >= 11 is 0. The maximum absolute atomic E-state index is 10.8. The van der Waals surface area contributed by atoms with Gasteiger partial charge in [-0.15, -0.1) is 0 Å². The molecule has 2 rings (SSSR count). The first-order valence-electron chi connectivity index (χ1n) is 6.59. The first kappa shape index (κ1) is 12.6. The monoisotopic (exact) mass is 237 g/mol. The van der Waals surface area contributed by atoms with E-state index in [9.17, 15) is 5.11 Å². The Morgan fingerprint density at radius 3 is 2.41 bits per heavy atom. The normalized spacial score (nSPS) is 22.8. The van der Waals surface area contributed by atoms with E-state index in [0.717, 1.165) is 31.4 Å². The van der Waals surface area contributed by atoms with Gasteiger partial charge in [-0.05, 0) is 18.9 Å². The van der Waals surface area contributed by atoms with Crippen LogP contribution < -0.4 is 5.73 Å². The topological polar surface area (TPSA) is 64.1 Å². The van der Waals surface area contributed by atoms with Gasteiger partial charge < -0.3 is 10.8 Å². The number of aryl methyl sites for hydroxylation is 1. The number of hydrogen-bond acceptors (Lipinski definition) is 3. The second-order valence-electron chi connectivity index (χ2n) is 5.23. The summed E-state index contributed by atoms with van der Waals surface area (Å²) in [5.41, 5.74) is 6.43. The van der Waals surface area contributed by atoms with E-state index < -0.39 is 5.60 Å². The molecule has 0 aromatic carbocycles. The van der Waals surface area contributed by atoms with Crippen LogP contribution in [0.3, 0.4) is 0 Å². The SMILES string of the molecule is Cn1nccc1C(N)C1(O)CCCCCCC1. The quantitative estimate of drug-likeness (QED) is 0.825. The Labute approximate surface area is 103 Å². The molecule has 4 heteroatoms. The lowest BCUT2D eigenvalue weighted by molar-refractivity contribution is -0.0130. The van der Waals surface area contributed by atoms with Crippen LogP contribution in [0.1, 0.15) is 56.7 Å². The van der Waals surface area contributed by atoms with E-state index in [2.05, 4.69) is 5.10 Å². The molecule has 1 aliphatic rings. The molecule has 1 atom stereocenters. The van der Waals surface area contributed by atoms with Crippen LogP contribution in [0.5, 0.6) is 0 Å². The van der Waals surface area contributed by atoms with Crippen molar-refractivity contribution in [2.45, 2.75) is 56.6 Å². The van der Waals surface area contributed by atoms with Crippen LogP contribution in [0.25, 0.3) is 0 Å². The van der Waals surface area contributed by atoms with Gasteiger partial charge in [0.05, 0.1) is 17.3 Å². The zero-order valence-corrected chi connectivity index (χ0v) is 10.6. The minimum absolute atomic E-state index is 0.326. The number of aliphatic hydroxyl groups is 1. The first-order chi connectivity index (χ1) is 8.13. The molecule has 1 aromatic rings. The Morgan fingerprint density at radius 2 is 1.88 bits per heavy atom. The zero-order chi connectivity index (χ0) is 12.3. The van der Waals surface area contributed by atoms with Crippen molar-refractivity contribution in [3.05, 3.63) is 18.0 Å². The highest BCUT2D eigenvalue weighted by atomic mass is 16.3. The fraction of sp³-hybridized carbons (Fsp3) is 0.769. The molecule has 4 nitrogen and oxygen atoms in total. The summed E-state index contributed by atoms with van der Waals surface area (Å²) in [5.74, 6) is 0. The van der Waals surface area contributed by atoms with Gasteiger partial charge in [-0.1, -0.05) is 32.1 Å². The van der Waals surface area contributed by atoms with Crippen LogP contribution in [-0.4, -0.2) is 20.5 Å². The highest BCUT2D eigenvalue weighted by molar-refractivity contribution is 5.12. The van der Waals surface area contributed by atoms with Crippen LogP contribution in [-0.2, 0) is 7.05 Å². The molecule has 1 aromatic heterocycles. The van der Waals surface area contributed by atoms with Crippen LogP contribution in [0.4, 0.5) is 0 Å². The Hall–Kier alpha value is -0.870. The molecule has 3 N–H and O–H groups in total. The molecule has 0 saturated heterocycles. The lowest BCUT2D eigenvalue weighted by Crippen LogP contribution is -2.42. The Morgan fingerprint density at radius 1 is 1.29 bits per heavy atom. The van der Waals surface area contributed by atoms with E-state index in [1.54, 1.807) is 10.9 Å². The van der Waals surface area contributed by atoms with E-state index in [0.29, 0.717) is 0 Å². The van der Waals surface area contributed by atoms with Crippen LogP contribution in [0.2, 0.25) is 0 Å². The Bertz CT molecular complexity index is 353. The summed E-state index contributed by atoms with van der Waals surface area (Å²) in [6.07, 6.45) is 9.20.